The Labute approximate surface area is 332 Å². The molecule has 22 heteroatoms. The number of hydrogen-bond acceptors (Lipinski definition) is 22. The van der Waals surface area contributed by atoms with E-state index in [1.165, 1.54) is 6.92 Å². The van der Waals surface area contributed by atoms with Gasteiger partial charge in [-0.05, 0) is 30.7 Å². The van der Waals surface area contributed by atoms with Crippen LogP contribution in [-0.2, 0) is 18.9 Å². The predicted octanol–water partition coefficient (Wildman–Crippen LogP) is -1.02. The lowest BCUT2D eigenvalue weighted by molar-refractivity contribution is -0.277. The molecule has 0 unspecified atom stereocenters. The van der Waals surface area contributed by atoms with Crippen molar-refractivity contribution in [2.75, 3.05) is 13.2 Å². The SMILES string of the molecule is CC[C@@H](C)C(=O)c1c(O[C@@H]2O[C@H](COC(=O)c3cc(O)c(O)c(O)c3)[C@@H](O)[C@H](O)[C@H]2O)cc(O)c([C@@H]2O[C@H](COC(=O)c3cc(O)c(O)c(O)c3)[C@@H](O)[C@H](O)[C@H]2O)c1O. The van der Waals surface area contributed by atoms with Gasteiger partial charge in [0.2, 0.25) is 6.29 Å². The molecular formula is C37H42O22. The normalized spacial score (nSPS) is 27.4. The van der Waals surface area contributed by atoms with Crippen LogP contribution in [0.1, 0.15) is 63.0 Å². The Bertz CT molecular complexity index is 2020. The molecule has 2 saturated heterocycles. The van der Waals surface area contributed by atoms with E-state index < -0.39 is 172 Å². The second-order valence-electron chi connectivity index (χ2n) is 13.8. The zero-order valence-corrected chi connectivity index (χ0v) is 30.9. The molecule has 322 valence electrons. The number of phenolic OH excluding ortho intramolecular Hbond substituents is 8. The van der Waals surface area contributed by atoms with E-state index in [0.717, 1.165) is 30.3 Å². The number of Topliss-reactive ketones (excluding diaryl/α,β-unsaturated/α-hetero) is 1. The summed E-state index contributed by atoms with van der Waals surface area (Å²) in [6.07, 6.45) is -19.5. The van der Waals surface area contributed by atoms with Crippen molar-refractivity contribution in [1.82, 2.24) is 0 Å². The molecule has 0 spiro atoms. The summed E-state index contributed by atoms with van der Waals surface area (Å²) < 4.78 is 27.1. The van der Waals surface area contributed by atoms with Gasteiger partial charge in [0.05, 0.1) is 16.7 Å². The van der Waals surface area contributed by atoms with E-state index in [4.69, 9.17) is 23.7 Å². The molecule has 3 aromatic rings. The second-order valence-corrected chi connectivity index (χ2v) is 13.8. The zero-order chi connectivity index (χ0) is 43.8. The number of aliphatic hydroxyl groups is 6. The molecule has 0 amide bonds. The summed E-state index contributed by atoms with van der Waals surface area (Å²) in [5.74, 6) is -12.2. The van der Waals surface area contributed by atoms with Crippen LogP contribution in [0.5, 0.6) is 51.7 Å². The van der Waals surface area contributed by atoms with Gasteiger partial charge < -0.3 is 95.2 Å². The first-order valence-electron chi connectivity index (χ1n) is 17.7. The molecule has 2 heterocycles. The van der Waals surface area contributed by atoms with Crippen LogP contribution in [0.4, 0.5) is 0 Å². The first-order valence-corrected chi connectivity index (χ1v) is 17.7. The molecule has 0 aromatic heterocycles. The number of ketones is 1. The van der Waals surface area contributed by atoms with Crippen molar-refractivity contribution in [2.24, 2.45) is 5.92 Å². The van der Waals surface area contributed by atoms with Gasteiger partial charge in [-0.3, -0.25) is 4.79 Å². The molecule has 59 heavy (non-hydrogen) atoms. The second kappa shape index (κ2) is 17.6. The zero-order valence-electron chi connectivity index (χ0n) is 30.9. The average molecular weight is 839 g/mol. The lowest BCUT2D eigenvalue weighted by atomic mass is 9.87. The topological polar surface area (TPSA) is 381 Å². The first-order chi connectivity index (χ1) is 27.7. The van der Waals surface area contributed by atoms with Gasteiger partial charge in [-0.25, -0.2) is 9.59 Å². The summed E-state index contributed by atoms with van der Waals surface area (Å²) in [5, 5.41) is 145. The van der Waals surface area contributed by atoms with Gasteiger partial charge in [0, 0.05) is 12.0 Å². The van der Waals surface area contributed by atoms with Gasteiger partial charge in [-0.15, -0.1) is 0 Å². The minimum Gasteiger partial charge on any atom is -0.507 e. The summed E-state index contributed by atoms with van der Waals surface area (Å²) in [7, 11) is 0. The molecular weight excluding hydrogens is 796 g/mol. The maximum atomic E-state index is 13.8. The van der Waals surface area contributed by atoms with Gasteiger partial charge in [0.1, 0.15) is 91.0 Å². The van der Waals surface area contributed by atoms with E-state index in [1.54, 1.807) is 6.92 Å². The Hall–Kier alpha value is -5.85. The molecule has 2 aliphatic heterocycles. The first kappa shape index (κ1) is 44.3. The van der Waals surface area contributed by atoms with Crippen molar-refractivity contribution in [3.63, 3.8) is 0 Å². The van der Waals surface area contributed by atoms with E-state index in [0.29, 0.717) is 0 Å². The summed E-state index contributed by atoms with van der Waals surface area (Å²) in [6.45, 7) is 1.32. The molecule has 11 atom stereocenters. The van der Waals surface area contributed by atoms with Crippen LogP contribution in [0.3, 0.4) is 0 Å². The maximum Gasteiger partial charge on any atom is 0.338 e. The Balaban J connectivity index is 1.42. The van der Waals surface area contributed by atoms with Gasteiger partial charge in [0.25, 0.3) is 0 Å². The number of hydrogen-bond donors (Lipinski definition) is 14. The van der Waals surface area contributed by atoms with Crippen molar-refractivity contribution in [1.29, 1.82) is 0 Å². The quantitative estimate of drug-likeness (QED) is 0.0590. The summed E-state index contributed by atoms with van der Waals surface area (Å²) >= 11 is 0. The number of aliphatic hydroxyl groups excluding tert-OH is 6. The van der Waals surface area contributed by atoms with Gasteiger partial charge >= 0.3 is 11.9 Å². The van der Waals surface area contributed by atoms with Gasteiger partial charge in [-0.2, -0.15) is 0 Å². The highest BCUT2D eigenvalue weighted by molar-refractivity contribution is 6.03. The lowest BCUT2D eigenvalue weighted by Crippen LogP contribution is -2.60. The number of phenols is 8. The number of ether oxygens (including phenoxy) is 5. The van der Waals surface area contributed by atoms with Crippen LogP contribution in [0.2, 0.25) is 0 Å². The predicted molar refractivity (Wildman–Crippen MR) is 190 cm³/mol. The van der Waals surface area contributed by atoms with Crippen LogP contribution in [0.15, 0.2) is 30.3 Å². The smallest absolute Gasteiger partial charge is 0.338 e. The Morgan fingerprint density at radius 3 is 1.49 bits per heavy atom. The van der Waals surface area contributed by atoms with Crippen molar-refractivity contribution in [2.45, 2.75) is 81.5 Å². The molecule has 0 saturated carbocycles. The van der Waals surface area contributed by atoms with Crippen LogP contribution in [0.25, 0.3) is 0 Å². The van der Waals surface area contributed by atoms with Crippen LogP contribution in [-0.4, -0.2) is 158 Å². The fourth-order valence-electron chi connectivity index (χ4n) is 6.22. The fourth-order valence-corrected chi connectivity index (χ4v) is 6.22. The molecule has 22 nitrogen and oxygen atoms in total. The van der Waals surface area contributed by atoms with E-state index in [1.807, 2.05) is 0 Å². The highest BCUT2D eigenvalue weighted by Gasteiger charge is 2.49. The van der Waals surface area contributed by atoms with E-state index in [9.17, 15) is 85.9 Å². The number of benzene rings is 3. The molecule has 2 fully saturated rings. The minimum atomic E-state index is -2.13. The highest BCUT2D eigenvalue weighted by Crippen LogP contribution is 2.48. The van der Waals surface area contributed by atoms with Gasteiger partial charge in [0.15, 0.2) is 40.3 Å². The molecule has 0 bridgehead atoms. The van der Waals surface area contributed by atoms with E-state index >= 15 is 0 Å². The minimum absolute atomic E-state index is 0.170. The third kappa shape index (κ3) is 8.79. The van der Waals surface area contributed by atoms with Crippen molar-refractivity contribution in [3.8, 4) is 51.7 Å². The summed E-state index contributed by atoms with van der Waals surface area (Å²) in [5.41, 5.74) is -2.35. The number of carbonyl (C=O) groups is 3. The van der Waals surface area contributed by atoms with Crippen LogP contribution >= 0.6 is 0 Å². The number of carbonyl (C=O) groups excluding carboxylic acids is 3. The Kier molecular flexibility index (Phi) is 13.2. The third-order valence-electron chi connectivity index (χ3n) is 9.87. The molecule has 0 aliphatic carbocycles. The number of aromatic hydroxyl groups is 8. The largest absolute Gasteiger partial charge is 0.507 e. The van der Waals surface area contributed by atoms with Gasteiger partial charge in [-0.1, -0.05) is 13.8 Å². The standard InChI is InChI=1S/C37H42O22/c1-3-11(2)24(43)23-19(58-37-33(52)31(50)28(47)21(59-37)10-56-36(54)13-6-17(41)26(45)18(42)7-13)8-14(38)22(29(23)48)34-32(51)30(49)27(46)20(57-34)9-55-35(53)12-4-15(39)25(44)16(40)5-12/h4-8,11,20-21,27-28,30-34,37-42,44-52H,3,9-10H2,1-2H3/t11-,20-,21-,27-,28-,30+,31+,32-,33-,34+,37-/m1/s1. The van der Waals surface area contributed by atoms with E-state index in [-0.39, 0.29) is 6.42 Å². The average Bonchev–Trinajstić information content (AvgIpc) is 3.19. The molecule has 3 aromatic carbocycles. The summed E-state index contributed by atoms with van der Waals surface area (Å²) in [4.78, 5) is 39.0. The number of rotatable bonds is 12. The number of esters is 2. The molecule has 2 aliphatic rings. The summed E-state index contributed by atoms with van der Waals surface area (Å²) in [6, 6.07) is 3.74. The lowest BCUT2D eigenvalue weighted by Gasteiger charge is -2.41. The van der Waals surface area contributed by atoms with Crippen molar-refractivity contribution in [3.05, 3.63) is 52.6 Å². The van der Waals surface area contributed by atoms with Crippen LogP contribution < -0.4 is 4.74 Å². The fraction of sp³-hybridized carbons (Fsp3) is 0.432. The van der Waals surface area contributed by atoms with Crippen molar-refractivity contribution < 1.29 is 110 Å². The third-order valence-corrected chi connectivity index (χ3v) is 9.87. The van der Waals surface area contributed by atoms with Crippen LogP contribution in [0, 0.1) is 5.92 Å². The Morgan fingerprint density at radius 2 is 1.03 bits per heavy atom. The molecule has 14 N–H and O–H groups in total. The van der Waals surface area contributed by atoms with Crippen molar-refractivity contribution >= 4 is 17.7 Å². The molecule has 5 rings (SSSR count). The highest BCUT2D eigenvalue weighted by atomic mass is 16.7. The Morgan fingerprint density at radius 1 is 0.593 bits per heavy atom. The van der Waals surface area contributed by atoms with E-state index in [2.05, 4.69) is 0 Å². The monoisotopic (exact) mass is 838 g/mol. The maximum absolute atomic E-state index is 13.8. The molecule has 0 radical (unpaired) electrons.